The fraction of sp³-hybridized carbons (Fsp3) is 0.708. The lowest BCUT2D eigenvalue weighted by Crippen LogP contribution is -2.61. The molecule has 0 radical (unpaired) electrons. The van der Waals surface area contributed by atoms with Crippen LogP contribution in [0.15, 0.2) is 24.3 Å². The van der Waals surface area contributed by atoms with Crippen molar-refractivity contribution in [2.45, 2.75) is 76.3 Å². The molecule has 30 heavy (non-hydrogen) atoms. The summed E-state index contributed by atoms with van der Waals surface area (Å²) in [7, 11) is 1.61. The Morgan fingerprint density at radius 3 is 2.67 bits per heavy atom. The summed E-state index contributed by atoms with van der Waals surface area (Å²) in [5.41, 5.74) is -0.420. The third-order valence-electron chi connectivity index (χ3n) is 7.45. The van der Waals surface area contributed by atoms with Crippen LogP contribution in [-0.2, 0) is 9.47 Å². The fourth-order valence-electron chi connectivity index (χ4n) is 5.18. The number of methoxy groups -OCH3 is 1. The van der Waals surface area contributed by atoms with Crippen LogP contribution in [0.3, 0.4) is 0 Å². The molecular weight excluding hydrogens is 382 g/mol. The number of carbonyl (C=O) groups is 1. The molecule has 0 aromatic heterocycles. The van der Waals surface area contributed by atoms with E-state index in [-0.39, 0.29) is 29.1 Å². The molecule has 1 amide bonds. The molecule has 3 fully saturated rings. The van der Waals surface area contributed by atoms with Gasteiger partial charge in [0.2, 0.25) is 0 Å². The number of likely N-dealkylation sites (tertiary alicyclic amines) is 1. The predicted octanol–water partition coefficient (Wildman–Crippen LogP) is 3.42. The van der Waals surface area contributed by atoms with Gasteiger partial charge in [-0.3, -0.25) is 4.79 Å². The van der Waals surface area contributed by atoms with Crippen LogP contribution in [0, 0.1) is 5.41 Å². The molecule has 0 saturated carbocycles. The summed E-state index contributed by atoms with van der Waals surface area (Å²) in [5.74, 6) is 0.756. The summed E-state index contributed by atoms with van der Waals surface area (Å²) in [6, 6.07) is 7.35. The molecule has 4 rings (SSSR count). The Kier molecular flexibility index (Phi) is 5.62. The zero-order valence-corrected chi connectivity index (χ0v) is 18.6. The average Bonchev–Trinajstić information content (AvgIpc) is 2.73. The topological polar surface area (TPSA) is 68.2 Å². The van der Waals surface area contributed by atoms with E-state index in [4.69, 9.17) is 14.2 Å². The van der Waals surface area contributed by atoms with Crippen molar-refractivity contribution in [2.24, 2.45) is 5.41 Å². The van der Waals surface area contributed by atoms with Crippen molar-refractivity contribution >= 4 is 5.91 Å². The van der Waals surface area contributed by atoms with Gasteiger partial charge in [-0.2, -0.15) is 0 Å². The summed E-state index contributed by atoms with van der Waals surface area (Å²) >= 11 is 0. The van der Waals surface area contributed by atoms with Crippen molar-refractivity contribution in [1.29, 1.82) is 0 Å². The number of ether oxygens (including phenoxy) is 3. The summed E-state index contributed by atoms with van der Waals surface area (Å²) < 4.78 is 18.0. The standard InChI is InChI=1S/C24H35NO5/c1-22(2,27)19-8-9-23(3)20(30-19)15-24(16-29-23)10-12-25(13-11-24)21(26)17-6-5-7-18(14-17)28-4/h5-7,14,19-20,27H,8-13,15-16H2,1-4H3/t19-,20-,23+/m0/s1. The molecule has 0 bridgehead atoms. The molecule has 6 nitrogen and oxygen atoms in total. The Labute approximate surface area is 179 Å². The van der Waals surface area contributed by atoms with Gasteiger partial charge in [0.25, 0.3) is 5.91 Å². The zero-order valence-electron chi connectivity index (χ0n) is 18.6. The second-order valence-corrected chi connectivity index (χ2v) is 10.1. The van der Waals surface area contributed by atoms with E-state index in [0.717, 1.165) is 51.8 Å². The van der Waals surface area contributed by atoms with Crippen LogP contribution < -0.4 is 4.74 Å². The molecule has 0 unspecified atom stereocenters. The number of hydrogen-bond donors (Lipinski definition) is 1. The first-order valence-electron chi connectivity index (χ1n) is 11.1. The van der Waals surface area contributed by atoms with Crippen molar-refractivity contribution in [3.05, 3.63) is 29.8 Å². The van der Waals surface area contributed by atoms with Crippen LogP contribution in [0.4, 0.5) is 0 Å². The molecule has 3 atom stereocenters. The van der Waals surface area contributed by atoms with E-state index >= 15 is 0 Å². The van der Waals surface area contributed by atoms with Gasteiger partial charge >= 0.3 is 0 Å². The molecule has 6 heteroatoms. The quantitative estimate of drug-likeness (QED) is 0.816. The summed E-state index contributed by atoms with van der Waals surface area (Å²) in [5, 5.41) is 10.4. The van der Waals surface area contributed by atoms with Gasteiger partial charge in [0.15, 0.2) is 0 Å². The highest BCUT2D eigenvalue weighted by Gasteiger charge is 2.53. The monoisotopic (exact) mass is 417 g/mol. The third-order valence-corrected chi connectivity index (χ3v) is 7.45. The Bertz CT molecular complexity index is 780. The zero-order chi connectivity index (χ0) is 21.6. The molecular formula is C24H35NO5. The smallest absolute Gasteiger partial charge is 0.253 e. The minimum absolute atomic E-state index is 0.0166. The molecule has 166 valence electrons. The van der Waals surface area contributed by atoms with Gasteiger partial charge in [-0.05, 0) is 76.5 Å². The van der Waals surface area contributed by atoms with Gasteiger partial charge in [0, 0.05) is 18.7 Å². The number of amides is 1. The van der Waals surface area contributed by atoms with E-state index in [2.05, 4.69) is 6.92 Å². The number of nitrogens with zero attached hydrogens (tertiary/aromatic N) is 1. The van der Waals surface area contributed by atoms with Gasteiger partial charge in [0.1, 0.15) is 5.75 Å². The SMILES string of the molecule is COc1cccc(C(=O)N2CCC3(CC2)CO[C@]2(C)CC[C@@H](C(C)(C)O)O[C@H]2C3)c1. The van der Waals surface area contributed by atoms with Gasteiger partial charge in [-0.1, -0.05) is 6.07 Å². The van der Waals surface area contributed by atoms with E-state index in [1.165, 1.54) is 0 Å². The van der Waals surface area contributed by atoms with E-state index < -0.39 is 5.60 Å². The van der Waals surface area contributed by atoms with Crippen molar-refractivity contribution in [3.63, 3.8) is 0 Å². The van der Waals surface area contributed by atoms with Crippen LogP contribution in [0.1, 0.15) is 63.2 Å². The third kappa shape index (κ3) is 4.10. The van der Waals surface area contributed by atoms with E-state index in [9.17, 15) is 9.90 Å². The molecule has 0 aliphatic carbocycles. The maximum Gasteiger partial charge on any atom is 0.253 e. The summed E-state index contributed by atoms with van der Waals surface area (Å²) in [6.45, 7) is 7.95. The maximum absolute atomic E-state index is 13.0. The Morgan fingerprint density at radius 1 is 1.27 bits per heavy atom. The Hall–Kier alpha value is -1.63. The van der Waals surface area contributed by atoms with Crippen molar-refractivity contribution in [1.82, 2.24) is 4.90 Å². The highest BCUT2D eigenvalue weighted by atomic mass is 16.6. The predicted molar refractivity (Wildman–Crippen MR) is 114 cm³/mol. The van der Waals surface area contributed by atoms with Crippen molar-refractivity contribution < 1.29 is 24.1 Å². The number of aliphatic hydroxyl groups is 1. The number of fused-ring (bicyclic) bond motifs is 1. The largest absolute Gasteiger partial charge is 0.497 e. The van der Waals surface area contributed by atoms with Crippen molar-refractivity contribution in [3.8, 4) is 5.75 Å². The number of rotatable bonds is 3. The molecule has 3 aliphatic rings. The van der Waals surface area contributed by atoms with E-state index in [1.54, 1.807) is 13.2 Å². The van der Waals surface area contributed by atoms with Gasteiger partial charge < -0.3 is 24.2 Å². The van der Waals surface area contributed by atoms with Crippen LogP contribution in [0.2, 0.25) is 0 Å². The molecule has 3 saturated heterocycles. The highest BCUT2D eigenvalue weighted by molar-refractivity contribution is 5.94. The number of hydrogen-bond acceptors (Lipinski definition) is 5. The lowest BCUT2D eigenvalue weighted by Gasteiger charge is -2.56. The van der Waals surface area contributed by atoms with E-state index in [1.807, 2.05) is 36.9 Å². The van der Waals surface area contributed by atoms with Gasteiger partial charge in [-0.15, -0.1) is 0 Å². The van der Waals surface area contributed by atoms with Crippen LogP contribution in [-0.4, -0.2) is 66.1 Å². The minimum Gasteiger partial charge on any atom is -0.497 e. The highest BCUT2D eigenvalue weighted by Crippen LogP contribution is 2.49. The average molecular weight is 418 g/mol. The lowest BCUT2D eigenvalue weighted by molar-refractivity contribution is -0.271. The molecule has 3 heterocycles. The Morgan fingerprint density at radius 2 is 2.00 bits per heavy atom. The molecule has 1 aromatic rings. The molecule has 1 N–H and O–H groups in total. The second kappa shape index (κ2) is 7.81. The molecule has 3 aliphatic heterocycles. The maximum atomic E-state index is 13.0. The van der Waals surface area contributed by atoms with E-state index in [0.29, 0.717) is 11.3 Å². The summed E-state index contributed by atoms with van der Waals surface area (Å²) in [6.07, 6.45) is 4.28. The Balaban J connectivity index is 1.41. The van der Waals surface area contributed by atoms with Gasteiger partial charge in [-0.25, -0.2) is 0 Å². The van der Waals surface area contributed by atoms with Crippen LogP contribution in [0.25, 0.3) is 0 Å². The molecule has 1 spiro atoms. The first kappa shape index (κ1) is 21.6. The van der Waals surface area contributed by atoms with Crippen LogP contribution in [0.5, 0.6) is 5.75 Å². The number of piperidine rings is 1. The number of carbonyl (C=O) groups excluding carboxylic acids is 1. The molecule has 1 aromatic carbocycles. The summed E-state index contributed by atoms with van der Waals surface area (Å²) in [4.78, 5) is 14.9. The normalized spacial score (nSPS) is 31.3. The lowest BCUT2D eigenvalue weighted by atomic mass is 9.68. The van der Waals surface area contributed by atoms with Crippen molar-refractivity contribution in [2.75, 3.05) is 26.8 Å². The van der Waals surface area contributed by atoms with Crippen LogP contribution >= 0.6 is 0 Å². The van der Waals surface area contributed by atoms with Gasteiger partial charge in [0.05, 0.1) is 37.1 Å². The first-order valence-corrected chi connectivity index (χ1v) is 11.1. The number of benzene rings is 1. The second-order valence-electron chi connectivity index (χ2n) is 10.1. The fourth-order valence-corrected chi connectivity index (χ4v) is 5.18. The first-order chi connectivity index (χ1) is 14.1. The minimum atomic E-state index is -0.849.